The summed E-state index contributed by atoms with van der Waals surface area (Å²) in [5, 5.41) is 8.76. The van der Waals surface area contributed by atoms with Crippen LogP contribution in [0.1, 0.15) is 55.7 Å². The predicted octanol–water partition coefficient (Wildman–Crippen LogP) is 1.76. The summed E-state index contributed by atoms with van der Waals surface area (Å²) in [5.74, 6) is 4.28. The molecule has 2 N–H and O–H groups in total. The van der Waals surface area contributed by atoms with E-state index in [-0.39, 0.29) is 0 Å². The molecule has 4 nitrogen and oxygen atoms in total. The Morgan fingerprint density at radius 3 is 2.53 bits per heavy atom. The lowest BCUT2D eigenvalue weighted by atomic mass is 9.84. The van der Waals surface area contributed by atoms with Crippen molar-refractivity contribution in [2.45, 2.75) is 57.0 Å². The van der Waals surface area contributed by atoms with E-state index in [1.54, 1.807) is 0 Å². The van der Waals surface area contributed by atoms with E-state index in [4.69, 9.17) is 5.73 Å². The van der Waals surface area contributed by atoms with E-state index >= 15 is 0 Å². The van der Waals surface area contributed by atoms with E-state index < -0.39 is 0 Å². The van der Waals surface area contributed by atoms with Crippen LogP contribution in [0.5, 0.6) is 0 Å². The van der Waals surface area contributed by atoms with E-state index in [9.17, 15) is 0 Å². The van der Waals surface area contributed by atoms with Gasteiger partial charge in [0.05, 0.1) is 0 Å². The van der Waals surface area contributed by atoms with E-state index in [1.165, 1.54) is 37.9 Å². The van der Waals surface area contributed by atoms with Gasteiger partial charge in [-0.05, 0) is 50.9 Å². The number of nitrogens with zero attached hydrogens (tertiary/aromatic N) is 3. The minimum absolute atomic E-state index is 0.329. The summed E-state index contributed by atoms with van der Waals surface area (Å²) < 4.78 is 2.38. The first-order chi connectivity index (χ1) is 8.25. The second kappa shape index (κ2) is 3.31. The van der Waals surface area contributed by atoms with E-state index in [0.717, 1.165) is 17.7 Å². The maximum atomic E-state index is 6.41. The van der Waals surface area contributed by atoms with E-state index in [1.807, 2.05) is 0 Å². The Bertz CT molecular complexity index is 446. The number of rotatable bonds is 2. The van der Waals surface area contributed by atoms with Crippen LogP contribution in [0.25, 0.3) is 0 Å². The Morgan fingerprint density at radius 2 is 1.88 bits per heavy atom. The first-order valence-corrected chi connectivity index (χ1v) is 6.92. The van der Waals surface area contributed by atoms with Crippen LogP contribution >= 0.6 is 0 Å². The van der Waals surface area contributed by atoms with Crippen LogP contribution in [0.3, 0.4) is 0 Å². The molecule has 2 bridgehead atoms. The molecule has 0 aromatic carbocycles. The maximum absolute atomic E-state index is 6.41. The molecule has 4 heteroatoms. The Kier molecular flexibility index (Phi) is 1.96. The van der Waals surface area contributed by atoms with Crippen molar-refractivity contribution >= 4 is 0 Å². The Hall–Kier alpha value is -0.900. The van der Waals surface area contributed by atoms with Crippen molar-refractivity contribution in [2.24, 2.45) is 17.6 Å². The number of hydrogen-bond donors (Lipinski definition) is 1. The van der Waals surface area contributed by atoms with Gasteiger partial charge in [0.2, 0.25) is 0 Å². The molecule has 1 aromatic rings. The van der Waals surface area contributed by atoms with Crippen molar-refractivity contribution in [1.29, 1.82) is 0 Å². The van der Waals surface area contributed by atoms with Crippen LogP contribution in [0.15, 0.2) is 0 Å². The number of aromatic nitrogens is 3. The zero-order chi connectivity index (χ0) is 11.6. The first-order valence-electron chi connectivity index (χ1n) is 6.92. The highest BCUT2D eigenvalue weighted by atomic mass is 15.3. The summed E-state index contributed by atoms with van der Waals surface area (Å²) in [6, 6.07) is 1.00. The molecule has 0 radical (unpaired) electrons. The van der Waals surface area contributed by atoms with Gasteiger partial charge in [-0.3, -0.25) is 0 Å². The standard InChI is InChI=1S/C13H20N4/c1-7-15-16-13(17(7)10-4-5-10)11-8-2-3-9(6-8)12(11)14/h8-12H,2-6,14H2,1H3. The second-order valence-electron chi connectivity index (χ2n) is 6.14. The normalized spacial score (nSPS) is 40.1. The first kappa shape index (κ1) is 10.1. The summed E-state index contributed by atoms with van der Waals surface area (Å²) >= 11 is 0. The predicted molar refractivity (Wildman–Crippen MR) is 64.6 cm³/mol. The maximum Gasteiger partial charge on any atom is 0.138 e. The number of nitrogens with two attached hydrogens (primary N) is 1. The fraction of sp³-hybridized carbons (Fsp3) is 0.846. The van der Waals surface area contributed by atoms with Gasteiger partial charge in [0.1, 0.15) is 11.6 Å². The second-order valence-corrected chi connectivity index (χ2v) is 6.14. The molecule has 1 heterocycles. The van der Waals surface area contributed by atoms with Gasteiger partial charge in [0.25, 0.3) is 0 Å². The molecule has 17 heavy (non-hydrogen) atoms. The largest absolute Gasteiger partial charge is 0.327 e. The topological polar surface area (TPSA) is 56.7 Å². The zero-order valence-corrected chi connectivity index (χ0v) is 10.3. The average Bonchev–Trinajstić information content (AvgIpc) is 2.79. The van der Waals surface area contributed by atoms with Crippen molar-refractivity contribution in [3.8, 4) is 0 Å². The molecule has 0 saturated heterocycles. The molecule has 0 amide bonds. The summed E-state index contributed by atoms with van der Waals surface area (Å²) in [6.07, 6.45) is 6.59. The van der Waals surface area contributed by atoms with Gasteiger partial charge < -0.3 is 10.3 Å². The van der Waals surface area contributed by atoms with Gasteiger partial charge in [-0.15, -0.1) is 10.2 Å². The molecule has 1 aromatic heterocycles. The number of hydrogen-bond acceptors (Lipinski definition) is 3. The van der Waals surface area contributed by atoms with Crippen LogP contribution in [0, 0.1) is 18.8 Å². The highest BCUT2D eigenvalue weighted by Gasteiger charge is 2.49. The number of aryl methyl sites for hydroxylation is 1. The van der Waals surface area contributed by atoms with E-state index in [0.29, 0.717) is 18.0 Å². The van der Waals surface area contributed by atoms with Gasteiger partial charge in [0, 0.05) is 18.0 Å². The third kappa shape index (κ3) is 1.33. The summed E-state index contributed by atoms with van der Waals surface area (Å²) in [6.45, 7) is 2.08. The molecular formula is C13H20N4. The van der Waals surface area contributed by atoms with Gasteiger partial charge in [-0.1, -0.05) is 0 Å². The van der Waals surface area contributed by atoms with Gasteiger partial charge in [-0.25, -0.2) is 0 Å². The minimum Gasteiger partial charge on any atom is -0.327 e. The van der Waals surface area contributed by atoms with Gasteiger partial charge in [0.15, 0.2) is 0 Å². The van der Waals surface area contributed by atoms with Crippen LogP contribution in [-0.4, -0.2) is 20.8 Å². The van der Waals surface area contributed by atoms with Crippen molar-refractivity contribution in [3.63, 3.8) is 0 Å². The molecule has 4 unspecified atom stereocenters. The van der Waals surface area contributed by atoms with Gasteiger partial charge >= 0.3 is 0 Å². The molecular weight excluding hydrogens is 212 g/mol. The van der Waals surface area contributed by atoms with Crippen molar-refractivity contribution < 1.29 is 0 Å². The van der Waals surface area contributed by atoms with Crippen molar-refractivity contribution in [3.05, 3.63) is 11.6 Å². The van der Waals surface area contributed by atoms with Crippen molar-refractivity contribution in [1.82, 2.24) is 14.8 Å². The molecule has 4 atom stereocenters. The lowest BCUT2D eigenvalue weighted by Gasteiger charge is -2.27. The Morgan fingerprint density at radius 1 is 1.12 bits per heavy atom. The van der Waals surface area contributed by atoms with Crippen LogP contribution in [0.2, 0.25) is 0 Å². The fourth-order valence-electron chi connectivity index (χ4n) is 4.12. The Labute approximate surface area is 102 Å². The zero-order valence-electron chi connectivity index (χ0n) is 10.3. The summed E-state index contributed by atoms with van der Waals surface area (Å²) in [7, 11) is 0. The molecule has 0 spiro atoms. The molecule has 3 fully saturated rings. The number of fused-ring (bicyclic) bond motifs is 2. The molecule has 4 rings (SSSR count). The fourth-order valence-corrected chi connectivity index (χ4v) is 4.12. The lowest BCUT2D eigenvalue weighted by Crippen LogP contribution is -2.35. The van der Waals surface area contributed by atoms with Crippen molar-refractivity contribution in [2.75, 3.05) is 0 Å². The third-order valence-corrected chi connectivity index (χ3v) is 5.08. The molecule has 3 aliphatic rings. The lowest BCUT2D eigenvalue weighted by molar-refractivity contribution is 0.344. The highest BCUT2D eigenvalue weighted by Crippen LogP contribution is 2.52. The van der Waals surface area contributed by atoms with Crippen LogP contribution in [0.4, 0.5) is 0 Å². The van der Waals surface area contributed by atoms with Gasteiger partial charge in [-0.2, -0.15) is 0 Å². The average molecular weight is 232 g/mol. The monoisotopic (exact) mass is 232 g/mol. The highest BCUT2D eigenvalue weighted by molar-refractivity contribution is 5.16. The molecule has 0 aliphatic heterocycles. The SMILES string of the molecule is Cc1nnc(C2C3CCC(C3)C2N)n1C1CC1. The van der Waals surface area contributed by atoms with Crippen LogP contribution < -0.4 is 5.73 Å². The minimum atomic E-state index is 0.329. The van der Waals surface area contributed by atoms with Crippen LogP contribution in [-0.2, 0) is 0 Å². The summed E-state index contributed by atoms with van der Waals surface area (Å²) in [4.78, 5) is 0. The molecule has 3 saturated carbocycles. The molecule has 3 aliphatic carbocycles. The van der Waals surface area contributed by atoms with E-state index in [2.05, 4.69) is 21.7 Å². The quantitative estimate of drug-likeness (QED) is 0.845. The molecule has 92 valence electrons. The summed E-state index contributed by atoms with van der Waals surface area (Å²) in [5.41, 5.74) is 6.41. The Balaban J connectivity index is 1.75. The smallest absolute Gasteiger partial charge is 0.138 e. The third-order valence-electron chi connectivity index (χ3n) is 5.08.